The highest BCUT2D eigenvalue weighted by atomic mass is 32.2. The molecule has 13 heavy (non-hydrogen) atoms. The monoisotopic (exact) mass is 208 g/mol. The Kier molecular flexibility index (Phi) is 2.38. The average molecular weight is 208 g/mol. The summed E-state index contributed by atoms with van der Waals surface area (Å²) in [6.07, 6.45) is 0. The summed E-state index contributed by atoms with van der Waals surface area (Å²) in [5.74, 6) is 0. The van der Waals surface area contributed by atoms with Gasteiger partial charge in [0, 0.05) is 7.05 Å². The molecule has 0 saturated carbocycles. The molecule has 2 rings (SSSR count). The maximum atomic E-state index is 5.18. The zero-order chi connectivity index (χ0) is 9.26. The lowest BCUT2D eigenvalue weighted by molar-refractivity contribution is 0.491. The van der Waals surface area contributed by atoms with Crippen molar-refractivity contribution in [2.45, 2.75) is 6.04 Å². The third-order valence-corrected chi connectivity index (χ3v) is 3.60. The van der Waals surface area contributed by atoms with Crippen LogP contribution in [0.4, 0.5) is 0 Å². The van der Waals surface area contributed by atoms with Gasteiger partial charge in [0.15, 0.2) is 4.32 Å². The standard InChI is InChI=1S/C10H10NS2/c1-11-9(7-13-10(11)12)8-5-3-2-4-6-8/h2-7,9H,1H3. The second-order valence-corrected chi connectivity index (χ2v) is 4.53. The van der Waals surface area contributed by atoms with E-state index in [-0.39, 0.29) is 0 Å². The van der Waals surface area contributed by atoms with E-state index < -0.39 is 0 Å². The summed E-state index contributed by atoms with van der Waals surface area (Å²) in [6, 6.07) is 10.8. The van der Waals surface area contributed by atoms with Gasteiger partial charge in [-0.3, -0.25) is 0 Å². The normalized spacial score (nSPS) is 21.2. The van der Waals surface area contributed by atoms with Crippen molar-refractivity contribution in [3.05, 3.63) is 35.9 Å². The van der Waals surface area contributed by atoms with E-state index >= 15 is 0 Å². The molecule has 0 aliphatic carbocycles. The number of rotatable bonds is 1. The second-order valence-electron chi connectivity index (χ2n) is 2.99. The van der Waals surface area contributed by atoms with Crippen LogP contribution in [-0.2, 0) is 0 Å². The van der Waals surface area contributed by atoms with Crippen LogP contribution >= 0.6 is 23.6 Å². The van der Waals surface area contributed by atoms with E-state index in [2.05, 4.69) is 34.5 Å². The molecule has 1 nitrogen and oxygen atoms in total. The number of benzene rings is 1. The molecule has 1 atom stereocenters. The fourth-order valence-corrected chi connectivity index (χ4v) is 2.51. The number of nitrogens with zero attached hydrogens (tertiary/aromatic N) is 1. The van der Waals surface area contributed by atoms with Crippen molar-refractivity contribution in [2.24, 2.45) is 0 Å². The van der Waals surface area contributed by atoms with Crippen molar-refractivity contribution in [1.82, 2.24) is 4.90 Å². The molecule has 67 valence electrons. The smallest absolute Gasteiger partial charge is 0.157 e. The number of thiocarbonyl (C=S) groups is 1. The molecule has 3 heteroatoms. The highest BCUT2D eigenvalue weighted by Gasteiger charge is 2.20. The van der Waals surface area contributed by atoms with Crippen LogP contribution in [0.15, 0.2) is 30.3 Å². The van der Waals surface area contributed by atoms with Crippen LogP contribution in [0.25, 0.3) is 0 Å². The Balaban J connectivity index is 2.29. The Morgan fingerprint density at radius 3 is 2.54 bits per heavy atom. The van der Waals surface area contributed by atoms with Crippen LogP contribution < -0.4 is 0 Å². The summed E-state index contributed by atoms with van der Waals surface area (Å²) in [7, 11) is 2.04. The minimum Gasteiger partial charge on any atom is -0.346 e. The van der Waals surface area contributed by atoms with Gasteiger partial charge in [0.05, 0.1) is 6.04 Å². The van der Waals surface area contributed by atoms with E-state index in [0.717, 1.165) is 4.32 Å². The quantitative estimate of drug-likeness (QED) is 0.652. The Labute approximate surface area is 87.3 Å². The second kappa shape index (κ2) is 3.52. The van der Waals surface area contributed by atoms with Crippen molar-refractivity contribution < 1.29 is 0 Å². The average Bonchev–Trinajstić information content (AvgIpc) is 2.49. The maximum Gasteiger partial charge on any atom is 0.157 e. The van der Waals surface area contributed by atoms with Crippen LogP contribution in [0, 0.1) is 0 Å². The van der Waals surface area contributed by atoms with E-state index in [1.54, 1.807) is 11.4 Å². The summed E-state index contributed by atoms with van der Waals surface area (Å²) in [5, 5.41) is 2.18. The predicted octanol–water partition coefficient (Wildman–Crippen LogP) is 2.49. The predicted molar refractivity (Wildman–Crippen MR) is 63.2 cm³/mol. The number of hydrogen-bond donors (Lipinski definition) is 0. The van der Waals surface area contributed by atoms with Crippen LogP contribution in [0.1, 0.15) is 11.6 Å². The van der Waals surface area contributed by atoms with Gasteiger partial charge in [-0.05, 0) is 23.1 Å². The topological polar surface area (TPSA) is 3.24 Å². The molecule has 0 bridgehead atoms. The van der Waals surface area contributed by atoms with Gasteiger partial charge in [0.1, 0.15) is 0 Å². The van der Waals surface area contributed by atoms with Gasteiger partial charge in [-0.25, -0.2) is 0 Å². The summed E-state index contributed by atoms with van der Waals surface area (Å²) in [5.41, 5.74) is 1.30. The molecule has 0 saturated heterocycles. The lowest BCUT2D eigenvalue weighted by Gasteiger charge is -2.20. The highest BCUT2D eigenvalue weighted by molar-refractivity contribution is 8.21. The molecule has 1 aliphatic heterocycles. The summed E-state index contributed by atoms with van der Waals surface area (Å²) >= 11 is 6.82. The Morgan fingerprint density at radius 1 is 1.31 bits per heavy atom. The van der Waals surface area contributed by atoms with E-state index in [1.165, 1.54) is 5.56 Å². The third kappa shape index (κ3) is 1.62. The minimum atomic E-state index is 0.346. The van der Waals surface area contributed by atoms with Gasteiger partial charge >= 0.3 is 0 Å². The van der Waals surface area contributed by atoms with Crippen molar-refractivity contribution in [3.8, 4) is 0 Å². The fourth-order valence-electron chi connectivity index (χ4n) is 1.36. The van der Waals surface area contributed by atoms with Gasteiger partial charge in [-0.2, -0.15) is 0 Å². The Bertz CT molecular complexity index is 345. The van der Waals surface area contributed by atoms with Crippen LogP contribution in [0.5, 0.6) is 0 Å². The molecule has 0 aromatic heterocycles. The fraction of sp³-hybridized carbons (Fsp3) is 0.200. The Hall–Kier alpha value is -0.800. The molecule has 0 N–H and O–H groups in total. The molecular weight excluding hydrogens is 198 g/mol. The van der Waals surface area contributed by atoms with E-state index in [1.807, 2.05) is 13.1 Å². The van der Waals surface area contributed by atoms with Gasteiger partial charge in [0.25, 0.3) is 0 Å². The molecule has 1 heterocycles. The molecule has 1 aliphatic rings. The molecular formula is C10H10NS2. The Morgan fingerprint density at radius 2 is 2.00 bits per heavy atom. The highest BCUT2D eigenvalue weighted by Crippen LogP contribution is 2.25. The van der Waals surface area contributed by atoms with Gasteiger partial charge in [-0.1, -0.05) is 30.3 Å². The van der Waals surface area contributed by atoms with Crippen molar-refractivity contribution in [3.63, 3.8) is 0 Å². The van der Waals surface area contributed by atoms with Crippen molar-refractivity contribution in [1.29, 1.82) is 0 Å². The first kappa shape index (κ1) is 8.78. The largest absolute Gasteiger partial charge is 0.346 e. The molecule has 1 aromatic rings. The maximum absolute atomic E-state index is 5.18. The van der Waals surface area contributed by atoms with E-state index in [9.17, 15) is 0 Å². The summed E-state index contributed by atoms with van der Waals surface area (Å²) < 4.78 is 0.953. The lowest BCUT2D eigenvalue weighted by atomic mass is 10.1. The van der Waals surface area contributed by atoms with Crippen LogP contribution in [-0.4, -0.2) is 21.6 Å². The first-order chi connectivity index (χ1) is 6.29. The zero-order valence-electron chi connectivity index (χ0n) is 7.31. The van der Waals surface area contributed by atoms with E-state index in [0.29, 0.717) is 6.04 Å². The van der Waals surface area contributed by atoms with Crippen LogP contribution in [0.3, 0.4) is 0 Å². The van der Waals surface area contributed by atoms with Crippen LogP contribution in [0.2, 0.25) is 0 Å². The van der Waals surface area contributed by atoms with Crippen molar-refractivity contribution >= 4 is 33.3 Å². The molecule has 1 radical (unpaired) electrons. The SMILES string of the molecule is CN1C(=S)[S]=CC1c1ccccc1. The first-order valence-corrected chi connectivity index (χ1v) is 5.39. The van der Waals surface area contributed by atoms with Crippen molar-refractivity contribution in [2.75, 3.05) is 7.05 Å². The first-order valence-electron chi connectivity index (χ1n) is 4.11. The minimum absolute atomic E-state index is 0.346. The molecule has 1 unspecified atom stereocenters. The van der Waals surface area contributed by atoms with Gasteiger partial charge in [0.2, 0.25) is 0 Å². The summed E-state index contributed by atoms with van der Waals surface area (Å²) in [4.78, 5) is 2.12. The molecule has 0 spiro atoms. The molecule has 0 amide bonds. The summed E-state index contributed by atoms with van der Waals surface area (Å²) in [6.45, 7) is 0. The van der Waals surface area contributed by atoms with Gasteiger partial charge < -0.3 is 4.90 Å². The lowest BCUT2D eigenvalue weighted by Crippen LogP contribution is -2.22. The van der Waals surface area contributed by atoms with Gasteiger partial charge in [-0.15, -0.1) is 11.4 Å². The molecule has 0 fully saturated rings. The number of hydrogen-bond acceptors (Lipinski definition) is 1. The third-order valence-electron chi connectivity index (χ3n) is 2.14. The zero-order valence-corrected chi connectivity index (χ0v) is 8.94. The molecule has 1 aromatic carbocycles. The van der Waals surface area contributed by atoms with E-state index in [4.69, 9.17) is 12.2 Å².